The highest BCUT2D eigenvalue weighted by Gasteiger charge is 2.34. The minimum absolute atomic E-state index is 0.358. The van der Waals surface area contributed by atoms with E-state index in [1.807, 2.05) is 84.9 Å². The summed E-state index contributed by atoms with van der Waals surface area (Å²) in [6.45, 7) is 7.17. The number of carbonyl (C=O) groups is 2. The number of benzene rings is 5. The second-order valence-corrected chi connectivity index (χ2v) is 13.5. The van der Waals surface area contributed by atoms with E-state index in [0.29, 0.717) is 41.1 Å². The summed E-state index contributed by atoms with van der Waals surface area (Å²) >= 11 is 0. The van der Waals surface area contributed by atoms with Gasteiger partial charge in [-0.1, -0.05) is 114 Å². The van der Waals surface area contributed by atoms with Gasteiger partial charge in [0.15, 0.2) is 0 Å². The smallest absolute Gasteiger partial charge is 0.265 e. The van der Waals surface area contributed by atoms with Gasteiger partial charge in [0.1, 0.15) is 18.1 Å². The number of nitrogens with one attached hydrogen (secondary N) is 1. The number of hydrogen-bond acceptors (Lipinski definition) is 6. The normalized spacial score (nSPS) is 12.4. The van der Waals surface area contributed by atoms with E-state index in [1.54, 1.807) is 30.5 Å². The summed E-state index contributed by atoms with van der Waals surface area (Å²) in [6, 6.07) is 32.1. The van der Waals surface area contributed by atoms with Crippen molar-refractivity contribution in [1.29, 1.82) is 0 Å². The summed E-state index contributed by atoms with van der Waals surface area (Å²) in [5.74, 6) is 0.780. The van der Waals surface area contributed by atoms with Gasteiger partial charge in [-0.15, -0.1) is 0 Å². The van der Waals surface area contributed by atoms with Crippen LogP contribution in [-0.2, 0) is 6.61 Å². The summed E-state index contributed by atoms with van der Waals surface area (Å²) in [5.41, 5.74) is 8.30. The molecule has 1 heterocycles. The van der Waals surface area contributed by atoms with Gasteiger partial charge in [-0.05, 0) is 89.8 Å². The molecule has 0 bridgehead atoms. The van der Waals surface area contributed by atoms with Crippen LogP contribution < -0.4 is 19.8 Å². The summed E-state index contributed by atoms with van der Waals surface area (Å²) in [6.07, 6.45) is 16.3. The second-order valence-electron chi connectivity index (χ2n) is 13.5. The predicted octanol–water partition coefficient (Wildman–Crippen LogP) is 11.6. The van der Waals surface area contributed by atoms with Crippen molar-refractivity contribution in [3.63, 3.8) is 0 Å². The molecule has 2 amide bonds. The molecule has 272 valence electrons. The van der Waals surface area contributed by atoms with Crippen LogP contribution in [0.4, 0.5) is 11.4 Å². The molecule has 6 rings (SSSR count). The number of hydrogen-bond donors (Lipinski definition) is 1. The first-order valence-electron chi connectivity index (χ1n) is 19.0. The van der Waals surface area contributed by atoms with Crippen molar-refractivity contribution in [1.82, 2.24) is 0 Å². The number of anilines is 2. The molecule has 5 aromatic carbocycles. The molecule has 1 N–H and O–H groups in total. The van der Waals surface area contributed by atoms with Crippen molar-refractivity contribution in [3.8, 4) is 11.5 Å². The van der Waals surface area contributed by atoms with Gasteiger partial charge in [-0.25, -0.2) is 4.90 Å². The van der Waals surface area contributed by atoms with Gasteiger partial charge in [0.2, 0.25) is 0 Å². The monoisotopic (exact) mass is 707 g/mol. The van der Waals surface area contributed by atoms with Crippen molar-refractivity contribution in [3.05, 3.63) is 138 Å². The van der Waals surface area contributed by atoms with Crippen LogP contribution in [-0.4, -0.2) is 24.6 Å². The van der Waals surface area contributed by atoms with Crippen molar-refractivity contribution in [2.24, 2.45) is 5.10 Å². The van der Waals surface area contributed by atoms with E-state index < -0.39 is 0 Å². The molecule has 0 aromatic heterocycles. The average Bonchev–Trinajstić information content (AvgIpc) is 3.19. The van der Waals surface area contributed by atoms with Crippen LogP contribution in [0.1, 0.15) is 109 Å². The van der Waals surface area contributed by atoms with Crippen molar-refractivity contribution in [2.75, 3.05) is 16.9 Å². The third-order valence-electron chi connectivity index (χ3n) is 9.67. The number of imide groups is 1. The van der Waals surface area contributed by atoms with Crippen molar-refractivity contribution < 1.29 is 19.1 Å². The number of rotatable bonds is 20. The van der Waals surface area contributed by atoms with Gasteiger partial charge in [0.25, 0.3) is 11.8 Å². The summed E-state index contributed by atoms with van der Waals surface area (Å²) in [4.78, 5) is 28.8. The average molecular weight is 708 g/mol. The second kappa shape index (κ2) is 18.7. The van der Waals surface area contributed by atoms with E-state index in [4.69, 9.17) is 9.47 Å². The lowest BCUT2D eigenvalue weighted by atomic mass is 9.93. The van der Waals surface area contributed by atoms with E-state index in [2.05, 4.69) is 24.0 Å². The largest absolute Gasteiger partial charge is 0.494 e. The van der Waals surface area contributed by atoms with E-state index in [9.17, 15) is 9.59 Å². The van der Waals surface area contributed by atoms with Crippen molar-refractivity contribution in [2.45, 2.75) is 77.7 Å². The summed E-state index contributed by atoms with van der Waals surface area (Å²) < 4.78 is 11.9. The molecule has 7 nitrogen and oxygen atoms in total. The molecular weight excluding hydrogens is 659 g/mol. The number of carbonyl (C=O) groups excluding carboxylic acids is 2. The fourth-order valence-corrected chi connectivity index (χ4v) is 6.64. The number of ether oxygens (including phenoxy) is 2. The maximum absolute atomic E-state index is 13.8. The fourth-order valence-electron chi connectivity index (χ4n) is 6.64. The lowest BCUT2D eigenvalue weighted by Gasteiger charge is -2.27. The zero-order chi connectivity index (χ0) is 36.8. The highest BCUT2D eigenvalue weighted by atomic mass is 16.5. The zero-order valence-electron chi connectivity index (χ0n) is 30.7. The van der Waals surface area contributed by atoms with Crippen LogP contribution in [0.25, 0.3) is 16.8 Å². The van der Waals surface area contributed by atoms with E-state index in [1.165, 1.54) is 56.3 Å². The Morgan fingerprint density at radius 3 is 1.94 bits per heavy atom. The number of hydrazone groups is 1. The third kappa shape index (κ3) is 9.60. The Labute approximate surface area is 313 Å². The molecule has 53 heavy (non-hydrogen) atoms. The van der Waals surface area contributed by atoms with Gasteiger partial charge < -0.3 is 9.47 Å². The Morgan fingerprint density at radius 1 is 0.660 bits per heavy atom. The first-order valence-corrected chi connectivity index (χ1v) is 19.0. The van der Waals surface area contributed by atoms with Crippen LogP contribution in [0.5, 0.6) is 11.5 Å². The SMILES string of the molecule is C=Cc1ccc(COc2ccc(/C=N/Nc3ccc4c5c(cccc35)C(=O)N(c3ccc(OCCCCCCCCCCCC)cc3)C4=O)cc2)cc1. The quantitative estimate of drug-likeness (QED) is 0.0377. The number of amides is 2. The Balaban J connectivity index is 1.02. The molecule has 0 fully saturated rings. The van der Waals surface area contributed by atoms with Crippen LogP contribution in [0.3, 0.4) is 0 Å². The van der Waals surface area contributed by atoms with Gasteiger partial charge >= 0.3 is 0 Å². The van der Waals surface area contributed by atoms with Crippen LogP contribution in [0.2, 0.25) is 0 Å². The highest BCUT2D eigenvalue weighted by Crippen LogP contribution is 2.36. The van der Waals surface area contributed by atoms with Gasteiger partial charge in [-0.3, -0.25) is 15.0 Å². The van der Waals surface area contributed by atoms with Crippen LogP contribution in [0.15, 0.2) is 115 Å². The molecule has 1 aliphatic heterocycles. The predicted molar refractivity (Wildman–Crippen MR) is 217 cm³/mol. The van der Waals surface area contributed by atoms with Crippen LogP contribution in [0, 0.1) is 0 Å². The standard InChI is InChI=1S/C46H49N3O4/c1-3-5-6-7-8-9-10-11-12-13-31-52-38-27-23-37(24-28-38)49-45(50)41-16-14-15-40-43(30-29-42(44(40)41)46(49)51)48-47-32-35-21-25-39(26-22-35)53-33-36-19-17-34(4-2)18-20-36/h4,14-30,32,48H,2-3,5-13,31,33H2,1H3/b47-32+. The fraction of sp³-hybridized carbons (Fsp3) is 0.283. The maximum Gasteiger partial charge on any atom is 0.265 e. The van der Waals surface area contributed by atoms with E-state index in [0.717, 1.165) is 46.4 Å². The molecule has 7 heteroatoms. The Hall–Kier alpha value is -5.69. The minimum atomic E-state index is -0.358. The topological polar surface area (TPSA) is 80.2 Å². The zero-order valence-corrected chi connectivity index (χ0v) is 30.7. The lowest BCUT2D eigenvalue weighted by molar-refractivity contribution is 0.0893. The third-order valence-corrected chi connectivity index (χ3v) is 9.67. The molecule has 1 aliphatic rings. The Morgan fingerprint density at radius 2 is 1.26 bits per heavy atom. The summed E-state index contributed by atoms with van der Waals surface area (Å²) in [5, 5.41) is 5.82. The van der Waals surface area contributed by atoms with E-state index in [-0.39, 0.29) is 11.8 Å². The first kappa shape index (κ1) is 37.1. The molecular formula is C46H49N3O4. The molecule has 0 atom stereocenters. The van der Waals surface area contributed by atoms with Crippen molar-refractivity contribution >= 4 is 46.3 Å². The molecule has 0 aliphatic carbocycles. The maximum atomic E-state index is 13.8. The molecule has 5 aromatic rings. The Kier molecular flexibility index (Phi) is 13.1. The van der Waals surface area contributed by atoms with Gasteiger partial charge in [-0.2, -0.15) is 5.10 Å². The van der Waals surface area contributed by atoms with Crippen LogP contribution >= 0.6 is 0 Å². The first-order chi connectivity index (χ1) is 26.1. The number of unbranched alkanes of at least 4 members (excludes halogenated alkanes) is 9. The minimum Gasteiger partial charge on any atom is -0.494 e. The molecule has 0 spiro atoms. The van der Waals surface area contributed by atoms with E-state index >= 15 is 0 Å². The highest BCUT2D eigenvalue weighted by molar-refractivity contribution is 6.36. The van der Waals surface area contributed by atoms with Gasteiger partial charge in [0.05, 0.1) is 24.2 Å². The summed E-state index contributed by atoms with van der Waals surface area (Å²) in [7, 11) is 0. The molecule has 0 unspecified atom stereocenters. The number of nitrogens with zero attached hydrogens (tertiary/aromatic N) is 2. The lowest BCUT2D eigenvalue weighted by Crippen LogP contribution is -2.40. The molecule has 0 saturated carbocycles. The molecule has 0 saturated heterocycles. The molecule has 0 radical (unpaired) electrons. The van der Waals surface area contributed by atoms with Gasteiger partial charge in [0, 0.05) is 21.9 Å². The Bertz CT molecular complexity index is 2000.